The average Bonchev–Trinajstić information content (AvgIpc) is 2.92. The van der Waals surface area contributed by atoms with Gasteiger partial charge in [0.05, 0.1) is 30.7 Å². The summed E-state index contributed by atoms with van der Waals surface area (Å²) in [5.41, 5.74) is 3.66. The first-order valence-corrected chi connectivity index (χ1v) is 14.4. The van der Waals surface area contributed by atoms with E-state index in [1.54, 1.807) is 24.4 Å². The first-order valence-electron chi connectivity index (χ1n) is 14.4. The van der Waals surface area contributed by atoms with E-state index in [1.807, 2.05) is 33.8 Å². The van der Waals surface area contributed by atoms with Crippen LogP contribution in [0.3, 0.4) is 0 Å². The Balaban J connectivity index is 1.74. The molecule has 226 valence electrons. The molecule has 3 heterocycles. The van der Waals surface area contributed by atoms with Crippen LogP contribution in [0.4, 0.5) is 10.1 Å². The van der Waals surface area contributed by atoms with Crippen molar-refractivity contribution in [2.24, 2.45) is 5.41 Å². The number of anilines is 1. The predicted molar refractivity (Wildman–Crippen MR) is 161 cm³/mol. The number of ether oxygens (including phenoxy) is 3. The third-order valence-corrected chi connectivity index (χ3v) is 7.53. The number of methoxy groups -OCH3 is 1. The number of hydrogen-bond acceptors (Lipinski definition) is 7. The summed E-state index contributed by atoms with van der Waals surface area (Å²) in [6, 6.07) is 9.96. The zero-order chi connectivity index (χ0) is 30.7. The van der Waals surface area contributed by atoms with Gasteiger partial charge in [0.1, 0.15) is 5.82 Å². The lowest BCUT2D eigenvalue weighted by Gasteiger charge is -2.40. The Labute approximate surface area is 247 Å². The number of carbonyl (C=O) groups is 1. The molecule has 1 atom stereocenters. The number of nitrogens with zero attached hydrogens (tertiary/aromatic N) is 3. The van der Waals surface area contributed by atoms with E-state index in [4.69, 9.17) is 19.2 Å². The van der Waals surface area contributed by atoms with Crippen LogP contribution in [0.1, 0.15) is 70.4 Å². The van der Waals surface area contributed by atoms with Crippen LogP contribution in [-0.4, -0.2) is 53.5 Å². The molecule has 42 heavy (non-hydrogen) atoms. The van der Waals surface area contributed by atoms with Crippen molar-refractivity contribution in [1.29, 1.82) is 0 Å². The van der Waals surface area contributed by atoms with Crippen molar-refractivity contribution in [2.45, 2.75) is 72.5 Å². The number of aromatic nitrogens is 2. The summed E-state index contributed by atoms with van der Waals surface area (Å²) in [6.45, 7) is 13.8. The van der Waals surface area contributed by atoms with Gasteiger partial charge in [-0.05, 0) is 75.8 Å². The van der Waals surface area contributed by atoms with Crippen LogP contribution < -0.4 is 14.4 Å². The largest absolute Gasteiger partial charge is 0.488 e. The molecule has 3 aromatic rings. The summed E-state index contributed by atoms with van der Waals surface area (Å²) in [4.78, 5) is 24.3. The maximum atomic E-state index is 13.2. The molecule has 0 unspecified atom stereocenters. The molecule has 1 aromatic carbocycles. The molecule has 2 aromatic heterocycles. The van der Waals surface area contributed by atoms with Gasteiger partial charge < -0.3 is 24.2 Å². The first-order chi connectivity index (χ1) is 19.8. The van der Waals surface area contributed by atoms with Crippen molar-refractivity contribution < 1.29 is 28.5 Å². The number of halogens is 1. The highest BCUT2D eigenvalue weighted by atomic mass is 19.1. The van der Waals surface area contributed by atoms with Crippen LogP contribution >= 0.6 is 0 Å². The molecule has 1 N–H and O–H groups in total. The smallest absolute Gasteiger partial charge is 0.337 e. The number of carboxylic acids is 1. The highest BCUT2D eigenvalue weighted by Crippen LogP contribution is 2.43. The molecule has 1 fully saturated rings. The molecule has 0 bridgehead atoms. The number of carboxylic acid groups (broad SMARTS) is 1. The average molecular weight is 580 g/mol. The first kappa shape index (κ1) is 31.2. The summed E-state index contributed by atoms with van der Waals surface area (Å²) in [5, 5.41) is 10.3. The molecule has 4 rings (SSSR count). The van der Waals surface area contributed by atoms with Crippen LogP contribution in [0.5, 0.6) is 11.6 Å². The van der Waals surface area contributed by atoms with E-state index in [-0.39, 0.29) is 11.2 Å². The Bertz CT molecular complexity index is 1390. The highest BCUT2D eigenvalue weighted by Gasteiger charge is 2.36. The van der Waals surface area contributed by atoms with Gasteiger partial charge in [-0.15, -0.1) is 0 Å². The van der Waals surface area contributed by atoms with Crippen molar-refractivity contribution >= 4 is 11.7 Å². The number of pyridine rings is 2. The van der Waals surface area contributed by atoms with Gasteiger partial charge in [0.2, 0.25) is 0 Å². The lowest BCUT2D eigenvalue weighted by Crippen LogP contribution is -2.39. The van der Waals surface area contributed by atoms with Gasteiger partial charge in [0.25, 0.3) is 5.88 Å². The van der Waals surface area contributed by atoms with Crippen LogP contribution in [0.25, 0.3) is 11.3 Å². The van der Waals surface area contributed by atoms with Gasteiger partial charge in [0, 0.05) is 42.5 Å². The summed E-state index contributed by atoms with van der Waals surface area (Å²) in [7, 11) is 1.53. The van der Waals surface area contributed by atoms with Gasteiger partial charge in [-0.1, -0.05) is 26.0 Å². The van der Waals surface area contributed by atoms with Gasteiger partial charge in [-0.3, -0.25) is 4.98 Å². The minimum atomic E-state index is -1.21. The van der Waals surface area contributed by atoms with E-state index >= 15 is 0 Å². The number of hydrogen-bond donors (Lipinski definition) is 1. The molecule has 8 nitrogen and oxygen atoms in total. The third-order valence-electron chi connectivity index (χ3n) is 7.53. The Morgan fingerprint density at radius 2 is 1.79 bits per heavy atom. The molecular weight excluding hydrogens is 537 g/mol. The maximum Gasteiger partial charge on any atom is 0.337 e. The van der Waals surface area contributed by atoms with Crippen molar-refractivity contribution in [3.05, 3.63) is 65.2 Å². The normalized spacial score (nSPS) is 15.8. The zero-order valence-electron chi connectivity index (χ0n) is 25.7. The number of rotatable bonds is 10. The van der Waals surface area contributed by atoms with Crippen LogP contribution in [0, 0.1) is 18.2 Å². The number of aryl methyl sites for hydroxylation is 1. The molecule has 0 amide bonds. The fourth-order valence-corrected chi connectivity index (χ4v) is 5.14. The quantitative estimate of drug-likeness (QED) is 0.281. The molecule has 1 aliphatic rings. The minimum absolute atomic E-state index is 0.196. The molecule has 1 saturated heterocycles. The molecule has 0 spiro atoms. The van der Waals surface area contributed by atoms with Crippen molar-refractivity contribution in [1.82, 2.24) is 9.97 Å². The Hall–Kier alpha value is -3.72. The van der Waals surface area contributed by atoms with Crippen molar-refractivity contribution in [3.63, 3.8) is 0 Å². The monoisotopic (exact) mass is 579 g/mol. The summed E-state index contributed by atoms with van der Waals surface area (Å²) in [5.74, 6) is -0.562. The van der Waals surface area contributed by atoms with E-state index < -0.39 is 17.7 Å². The molecule has 0 radical (unpaired) electrons. The summed E-state index contributed by atoms with van der Waals surface area (Å²) >= 11 is 0. The maximum absolute atomic E-state index is 13.2. The number of benzene rings is 1. The fourth-order valence-electron chi connectivity index (χ4n) is 5.14. The topological polar surface area (TPSA) is 94.0 Å². The SMILES string of the molecule is COc1nc(-c2cnc(C)c([C@H](OC(C)(C)C)C(=O)O)c2N2CCC(C)(C)CC2)ccc1OCCc1ccc(F)cc1. The molecule has 0 saturated carbocycles. The second kappa shape index (κ2) is 12.7. The van der Waals surface area contributed by atoms with Crippen LogP contribution in [0.2, 0.25) is 0 Å². The fraction of sp³-hybridized carbons (Fsp3) is 0.485. The zero-order valence-corrected chi connectivity index (χ0v) is 25.7. The van der Waals surface area contributed by atoms with Gasteiger partial charge in [0.15, 0.2) is 11.9 Å². The Morgan fingerprint density at radius 3 is 2.38 bits per heavy atom. The van der Waals surface area contributed by atoms with Gasteiger partial charge in [-0.2, -0.15) is 0 Å². The lowest BCUT2D eigenvalue weighted by atomic mass is 9.82. The second-order valence-corrected chi connectivity index (χ2v) is 12.5. The van der Waals surface area contributed by atoms with E-state index in [0.717, 1.165) is 37.2 Å². The van der Waals surface area contributed by atoms with Crippen molar-refractivity contribution in [3.8, 4) is 22.9 Å². The number of aliphatic carboxylic acids is 1. The van der Waals surface area contributed by atoms with Crippen LogP contribution in [-0.2, 0) is 16.0 Å². The third kappa shape index (κ3) is 7.56. The van der Waals surface area contributed by atoms with E-state index in [2.05, 4.69) is 23.7 Å². The Morgan fingerprint density at radius 1 is 1.12 bits per heavy atom. The molecule has 1 aliphatic heterocycles. The van der Waals surface area contributed by atoms with Crippen molar-refractivity contribution in [2.75, 3.05) is 31.7 Å². The summed E-state index contributed by atoms with van der Waals surface area (Å²) < 4.78 is 31.0. The van der Waals surface area contributed by atoms with Crippen LogP contribution in [0.15, 0.2) is 42.6 Å². The standard InChI is InChI=1S/C33H42FN3O5/c1-21-27(29(31(38)39)42-32(2,3)4)28(37-17-15-33(5,6)16-18-37)24(20-35-21)25-12-13-26(30(36-25)40-7)41-19-14-22-8-10-23(34)11-9-22/h8-13,20,29H,14-19H2,1-7H3,(H,38,39)/t29-/m0/s1. The van der Waals surface area contributed by atoms with E-state index in [1.165, 1.54) is 19.2 Å². The van der Waals surface area contributed by atoms with E-state index in [9.17, 15) is 14.3 Å². The van der Waals surface area contributed by atoms with E-state index in [0.29, 0.717) is 47.2 Å². The second-order valence-electron chi connectivity index (χ2n) is 12.5. The molecule has 0 aliphatic carbocycles. The highest BCUT2D eigenvalue weighted by molar-refractivity contribution is 5.85. The van der Waals surface area contributed by atoms with Gasteiger partial charge >= 0.3 is 5.97 Å². The minimum Gasteiger partial charge on any atom is -0.488 e. The molecule has 9 heteroatoms. The predicted octanol–water partition coefficient (Wildman–Crippen LogP) is 6.79. The van der Waals surface area contributed by atoms with Gasteiger partial charge in [-0.25, -0.2) is 14.2 Å². The molecular formula is C33H42FN3O5. The Kier molecular flexibility index (Phi) is 9.40. The lowest BCUT2D eigenvalue weighted by molar-refractivity contribution is -0.160. The summed E-state index contributed by atoms with van der Waals surface area (Å²) in [6.07, 6.45) is 3.06. The number of piperidine rings is 1.